The van der Waals surface area contributed by atoms with Gasteiger partial charge < -0.3 is 14.7 Å². The van der Waals surface area contributed by atoms with Gasteiger partial charge in [-0.15, -0.1) is 0 Å². The highest BCUT2D eigenvalue weighted by atomic mass is 35.5. The van der Waals surface area contributed by atoms with E-state index in [9.17, 15) is 19.5 Å². The predicted octanol–water partition coefficient (Wildman–Crippen LogP) is 4.10. The number of amides is 1. The Labute approximate surface area is 173 Å². The van der Waals surface area contributed by atoms with E-state index in [0.29, 0.717) is 34.9 Å². The highest BCUT2D eigenvalue weighted by molar-refractivity contribution is 6.46. The molecule has 6 nitrogen and oxygen atoms in total. The Morgan fingerprint density at radius 1 is 1.17 bits per heavy atom. The number of halogens is 1. The number of esters is 1. The van der Waals surface area contributed by atoms with Crippen LogP contribution >= 0.6 is 11.6 Å². The lowest BCUT2D eigenvalue weighted by Crippen LogP contribution is -2.30. The van der Waals surface area contributed by atoms with Crippen molar-refractivity contribution in [2.24, 2.45) is 0 Å². The van der Waals surface area contributed by atoms with Crippen LogP contribution in [0.2, 0.25) is 5.02 Å². The van der Waals surface area contributed by atoms with Crippen LogP contribution in [0.15, 0.2) is 54.1 Å². The summed E-state index contributed by atoms with van der Waals surface area (Å²) in [5.41, 5.74) is 0.874. The Hall–Kier alpha value is -3.12. The van der Waals surface area contributed by atoms with Crippen LogP contribution in [0.3, 0.4) is 0 Å². The smallest absolute Gasteiger partial charge is 0.308 e. The first-order chi connectivity index (χ1) is 13.8. The summed E-state index contributed by atoms with van der Waals surface area (Å²) in [6.07, 6.45) is 0.629. The zero-order valence-corrected chi connectivity index (χ0v) is 16.8. The molecular formula is C22H20ClNO5. The molecule has 150 valence electrons. The zero-order chi connectivity index (χ0) is 21.1. The molecule has 1 amide bonds. The third-order valence-electron chi connectivity index (χ3n) is 4.54. The van der Waals surface area contributed by atoms with E-state index in [1.165, 1.54) is 17.9 Å². The van der Waals surface area contributed by atoms with Crippen molar-refractivity contribution in [2.45, 2.75) is 26.3 Å². The molecule has 1 saturated heterocycles. The van der Waals surface area contributed by atoms with Crippen LogP contribution < -0.4 is 4.74 Å². The van der Waals surface area contributed by atoms with Gasteiger partial charge in [0.2, 0.25) is 0 Å². The highest BCUT2D eigenvalue weighted by Gasteiger charge is 2.45. The Morgan fingerprint density at radius 2 is 1.90 bits per heavy atom. The highest BCUT2D eigenvalue weighted by Crippen LogP contribution is 2.40. The van der Waals surface area contributed by atoms with Crippen molar-refractivity contribution in [3.05, 3.63) is 70.3 Å². The number of hydrogen-bond donors (Lipinski definition) is 1. The lowest BCUT2D eigenvalue weighted by Gasteiger charge is -2.25. The first kappa shape index (κ1) is 20.6. The fourth-order valence-electron chi connectivity index (χ4n) is 3.40. The van der Waals surface area contributed by atoms with E-state index in [4.69, 9.17) is 16.3 Å². The monoisotopic (exact) mass is 413 g/mol. The van der Waals surface area contributed by atoms with Gasteiger partial charge in [0.05, 0.1) is 11.6 Å². The van der Waals surface area contributed by atoms with Gasteiger partial charge in [-0.05, 0) is 36.2 Å². The van der Waals surface area contributed by atoms with Gasteiger partial charge in [-0.3, -0.25) is 14.4 Å². The van der Waals surface area contributed by atoms with Gasteiger partial charge in [0.25, 0.3) is 11.7 Å². The minimum atomic E-state index is -0.801. The summed E-state index contributed by atoms with van der Waals surface area (Å²) in [4.78, 5) is 38.2. The largest absolute Gasteiger partial charge is 0.507 e. The summed E-state index contributed by atoms with van der Waals surface area (Å²) in [6, 6.07) is 12.2. The second-order valence-electron chi connectivity index (χ2n) is 6.67. The summed E-state index contributed by atoms with van der Waals surface area (Å²) in [6.45, 7) is 3.51. The summed E-state index contributed by atoms with van der Waals surface area (Å²) in [5.74, 6) is -1.94. The molecule has 1 atom stereocenters. The van der Waals surface area contributed by atoms with Crippen LogP contribution in [0.5, 0.6) is 5.75 Å². The standard InChI is InChI=1S/C22H20ClNO5/c1-3-10-24-19(14-6-5-9-17(12-14)29-13(2)25)18(21(27)22(24)28)20(26)15-7-4-8-16(23)11-15/h4-9,11-12,19,26H,3,10H2,1-2H3/b20-18-. The lowest BCUT2D eigenvalue weighted by atomic mass is 9.95. The molecule has 2 aromatic rings. The van der Waals surface area contributed by atoms with E-state index in [2.05, 4.69) is 0 Å². The number of aliphatic hydroxyl groups is 1. The molecule has 2 aromatic carbocycles. The molecule has 1 N–H and O–H groups in total. The molecule has 3 rings (SSSR count). The minimum Gasteiger partial charge on any atom is -0.507 e. The van der Waals surface area contributed by atoms with Crippen molar-refractivity contribution in [3.63, 3.8) is 0 Å². The van der Waals surface area contributed by atoms with E-state index < -0.39 is 23.7 Å². The van der Waals surface area contributed by atoms with Crippen molar-refractivity contribution in [3.8, 4) is 5.75 Å². The van der Waals surface area contributed by atoms with Crippen molar-refractivity contribution in [1.29, 1.82) is 0 Å². The normalized spacial score (nSPS) is 18.2. The van der Waals surface area contributed by atoms with Crippen LogP contribution in [0, 0.1) is 0 Å². The SMILES string of the molecule is CCCN1C(=O)C(=O)/C(=C(\O)c2cccc(Cl)c2)C1c1cccc(OC(C)=O)c1. The first-order valence-electron chi connectivity index (χ1n) is 9.16. The number of benzene rings is 2. The van der Waals surface area contributed by atoms with E-state index in [1.807, 2.05) is 6.92 Å². The van der Waals surface area contributed by atoms with Crippen molar-refractivity contribution < 1.29 is 24.2 Å². The van der Waals surface area contributed by atoms with Crippen LogP contribution in [-0.4, -0.2) is 34.2 Å². The molecule has 0 spiro atoms. The number of Topliss-reactive ketones (excluding diaryl/α,β-unsaturated/α-hetero) is 1. The molecule has 1 unspecified atom stereocenters. The fraction of sp³-hybridized carbons (Fsp3) is 0.227. The van der Waals surface area contributed by atoms with E-state index >= 15 is 0 Å². The number of carbonyl (C=O) groups is 3. The van der Waals surface area contributed by atoms with Crippen LogP contribution in [0.1, 0.15) is 37.4 Å². The second-order valence-corrected chi connectivity index (χ2v) is 7.11. The number of rotatable bonds is 5. The predicted molar refractivity (Wildman–Crippen MR) is 109 cm³/mol. The maximum absolute atomic E-state index is 12.8. The molecule has 1 heterocycles. The Bertz CT molecular complexity index is 1010. The van der Waals surface area contributed by atoms with Crippen molar-refractivity contribution >= 4 is 35.0 Å². The Morgan fingerprint density at radius 3 is 2.55 bits per heavy atom. The van der Waals surface area contributed by atoms with Gasteiger partial charge in [-0.2, -0.15) is 0 Å². The average molecular weight is 414 g/mol. The first-order valence-corrected chi connectivity index (χ1v) is 9.54. The van der Waals surface area contributed by atoms with Crippen LogP contribution in [0.25, 0.3) is 5.76 Å². The number of carbonyl (C=O) groups excluding carboxylic acids is 3. The number of hydrogen-bond acceptors (Lipinski definition) is 5. The summed E-state index contributed by atoms with van der Waals surface area (Å²) >= 11 is 6.02. The maximum atomic E-state index is 12.8. The number of ether oxygens (including phenoxy) is 1. The topological polar surface area (TPSA) is 83.9 Å². The summed E-state index contributed by atoms with van der Waals surface area (Å²) in [7, 11) is 0. The Balaban J connectivity index is 2.18. The molecular weight excluding hydrogens is 394 g/mol. The lowest BCUT2D eigenvalue weighted by molar-refractivity contribution is -0.139. The van der Waals surface area contributed by atoms with Crippen LogP contribution in [0.4, 0.5) is 0 Å². The molecule has 1 aliphatic rings. The van der Waals surface area contributed by atoms with E-state index in [-0.39, 0.29) is 11.3 Å². The third kappa shape index (κ3) is 4.17. The van der Waals surface area contributed by atoms with Gasteiger partial charge in [0, 0.05) is 24.1 Å². The van der Waals surface area contributed by atoms with Crippen LogP contribution in [-0.2, 0) is 14.4 Å². The summed E-state index contributed by atoms with van der Waals surface area (Å²) in [5, 5.41) is 11.3. The molecule has 7 heteroatoms. The maximum Gasteiger partial charge on any atom is 0.308 e. The number of aliphatic hydroxyl groups excluding tert-OH is 1. The van der Waals surface area contributed by atoms with Gasteiger partial charge in [0.15, 0.2) is 0 Å². The van der Waals surface area contributed by atoms with Gasteiger partial charge in [-0.1, -0.05) is 42.8 Å². The van der Waals surface area contributed by atoms with Gasteiger partial charge in [-0.25, -0.2) is 0 Å². The number of likely N-dealkylation sites (tertiary alicyclic amines) is 1. The number of ketones is 1. The number of nitrogens with zero attached hydrogens (tertiary/aromatic N) is 1. The molecule has 0 bridgehead atoms. The Kier molecular flexibility index (Phi) is 6.03. The minimum absolute atomic E-state index is 0.0225. The third-order valence-corrected chi connectivity index (χ3v) is 4.77. The molecule has 1 aliphatic heterocycles. The van der Waals surface area contributed by atoms with E-state index in [0.717, 1.165) is 0 Å². The zero-order valence-electron chi connectivity index (χ0n) is 16.0. The molecule has 0 radical (unpaired) electrons. The van der Waals surface area contributed by atoms with Crippen molar-refractivity contribution in [1.82, 2.24) is 4.90 Å². The quantitative estimate of drug-likeness (QED) is 0.262. The van der Waals surface area contributed by atoms with Crippen molar-refractivity contribution in [2.75, 3.05) is 6.54 Å². The average Bonchev–Trinajstić information content (AvgIpc) is 2.92. The molecule has 29 heavy (non-hydrogen) atoms. The molecule has 0 aliphatic carbocycles. The second kappa shape index (κ2) is 8.49. The summed E-state index contributed by atoms with van der Waals surface area (Å²) < 4.78 is 5.14. The van der Waals surface area contributed by atoms with Gasteiger partial charge in [0.1, 0.15) is 11.5 Å². The van der Waals surface area contributed by atoms with E-state index in [1.54, 1.807) is 42.5 Å². The molecule has 0 saturated carbocycles. The van der Waals surface area contributed by atoms with Gasteiger partial charge >= 0.3 is 5.97 Å². The fourth-order valence-corrected chi connectivity index (χ4v) is 3.59. The molecule has 0 aromatic heterocycles. The molecule has 1 fully saturated rings.